The molecule has 17 rings (SSSR count). The molecule has 9 N–H and O–H groups in total. The smallest absolute Gasteiger partial charge is 0.335 e. The van der Waals surface area contributed by atoms with Gasteiger partial charge in [-0.2, -0.15) is 0 Å². The molecular formula is C71H94N2O13. The SMILES string of the molecule is CC(=O)c1c(C)c(O)c2cc(C(=O)O)cc(O[C@@H]3O[C@H](CO)[C@]4(C[C@@H]5C6=C(CC=C6[C@@]6(CCO)COC[C@@H]7C[C@]89C[C@@]5(NN[C@@H]8C[C@@]5(CC[C@@H]8CCC[C@@H]%10CCC[C@@]%10%11CC[C@]85C%11)C9)[C@H]76)[C@@]5(CCC[C@]6(CCC7(CCCC7)C6)C5)O4)[C@H](O)[C@H]3O)c2c1O. The summed E-state index contributed by atoms with van der Waals surface area (Å²) in [5.41, 5.74) is 9.61. The van der Waals surface area contributed by atoms with E-state index in [0.717, 1.165) is 62.8 Å². The van der Waals surface area contributed by atoms with Gasteiger partial charge in [-0.3, -0.25) is 15.6 Å². The lowest BCUT2D eigenvalue weighted by atomic mass is 9.39. The predicted octanol–water partition coefficient (Wildman–Crippen LogP) is 10.7. The van der Waals surface area contributed by atoms with E-state index in [0.29, 0.717) is 48.7 Å². The van der Waals surface area contributed by atoms with E-state index in [9.17, 15) is 45.3 Å². The van der Waals surface area contributed by atoms with Crippen molar-refractivity contribution in [1.82, 2.24) is 10.9 Å². The van der Waals surface area contributed by atoms with Crippen molar-refractivity contribution in [3.05, 3.63) is 51.6 Å². The number of aromatic hydroxyl groups is 2. The summed E-state index contributed by atoms with van der Waals surface area (Å²) in [6, 6.07) is 2.63. The second kappa shape index (κ2) is 18.8. The number of benzene rings is 2. The van der Waals surface area contributed by atoms with Gasteiger partial charge < -0.3 is 54.7 Å². The predicted molar refractivity (Wildman–Crippen MR) is 318 cm³/mol. The van der Waals surface area contributed by atoms with Gasteiger partial charge in [-0.1, -0.05) is 31.8 Å². The van der Waals surface area contributed by atoms with Gasteiger partial charge in [-0.05, 0) is 259 Å². The summed E-state index contributed by atoms with van der Waals surface area (Å²) in [4.78, 5) is 25.9. The van der Waals surface area contributed by atoms with Gasteiger partial charge in [0.1, 0.15) is 41.2 Å². The molecule has 2 aromatic carbocycles. The van der Waals surface area contributed by atoms with Gasteiger partial charge in [0, 0.05) is 47.1 Å². The molecule has 10 saturated carbocycles. The van der Waals surface area contributed by atoms with E-state index in [1.54, 1.807) is 0 Å². The Labute approximate surface area is 505 Å². The zero-order chi connectivity index (χ0) is 59.0. The monoisotopic (exact) mass is 1180 g/mol. The zero-order valence-corrected chi connectivity index (χ0v) is 50.9. The number of aromatic carboxylic acids is 1. The number of carbonyl (C=O) groups excluding carboxylic acids is 1. The lowest BCUT2D eigenvalue weighted by Crippen LogP contribution is -2.81. The number of aliphatic hydroxyl groups is 4. The highest BCUT2D eigenvalue weighted by molar-refractivity contribution is 6.11. The number of allylic oxidation sites excluding steroid dienone is 1. The molecule has 466 valence electrons. The van der Waals surface area contributed by atoms with Crippen LogP contribution >= 0.6 is 0 Å². The third-order valence-electron chi connectivity index (χ3n) is 29.6. The van der Waals surface area contributed by atoms with Gasteiger partial charge >= 0.3 is 5.97 Å². The van der Waals surface area contributed by atoms with E-state index in [-0.39, 0.29) is 86.3 Å². The molecule has 11 aliphatic carbocycles. The molecule has 0 amide bonds. The van der Waals surface area contributed by atoms with E-state index in [2.05, 4.69) is 16.9 Å². The molecule has 86 heavy (non-hydrogen) atoms. The number of carboxylic acid groups (broad SMARTS) is 1. The molecule has 13 fully saturated rings. The first-order valence-electron chi connectivity index (χ1n) is 34.2. The number of nitrogens with one attached hydrogen (secondary N) is 2. The Hall–Kier alpha value is -3.64. The van der Waals surface area contributed by atoms with E-state index < -0.39 is 76.6 Å². The van der Waals surface area contributed by atoms with Gasteiger partial charge in [-0.25, -0.2) is 4.79 Å². The maximum absolute atomic E-state index is 13.8. The van der Waals surface area contributed by atoms with Crippen molar-refractivity contribution in [3.8, 4) is 17.2 Å². The second-order valence-electron chi connectivity index (χ2n) is 32.7. The average molecular weight is 1180 g/mol. The lowest BCUT2D eigenvalue weighted by Gasteiger charge is -2.71. The number of hydrazine groups is 1. The van der Waals surface area contributed by atoms with Crippen molar-refractivity contribution < 1.29 is 64.3 Å². The summed E-state index contributed by atoms with van der Waals surface area (Å²) in [5.74, 6) is -1.55. The minimum absolute atomic E-state index is 0.0185. The highest BCUT2D eigenvalue weighted by Gasteiger charge is 2.80. The van der Waals surface area contributed by atoms with Gasteiger partial charge in [0.2, 0.25) is 6.29 Å². The van der Waals surface area contributed by atoms with E-state index in [4.69, 9.17) is 18.9 Å². The zero-order valence-electron chi connectivity index (χ0n) is 50.9. The molecule has 0 aromatic heterocycles. The van der Waals surface area contributed by atoms with Crippen LogP contribution in [0.3, 0.4) is 0 Å². The molecule has 4 heterocycles. The number of rotatable bonds is 7. The largest absolute Gasteiger partial charge is 0.507 e. The van der Waals surface area contributed by atoms with Gasteiger partial charge in [-0.15, -0.1) is 0 Å². The summed E-state index contributed by atoms with van der Waals surface area (Å²) < 4.78 is 29.0. The number of carbonyl (C=O) groups is 2. The minimum Gasteiger partial charge on any atom is -0.507 e. The minimum atomic E-state index is -1.84. The Morgan fingerprint density at radius 3 is 2.40 bits per heavy atom. The molecule has 19 atom stereocenters. The van der Waals surface area contributed by atoms with E-state index in [1.807, 2.05) is 0 Å². The fourth-order valence-corrected chi connectivity index (χ4v) is 27.0. The van der Waals surface area contributed by atoms with Crippen LogP contribution in [0.1, 0.15) is 219 Å². The van der Waals surface area contributed by atoms with Crippen LogP contribution in [0.2, 0.25) is 0 Å². The number of ether oxygens (including phenoxy) is 4. The first-order chi connectivity index (χ1) is 41.3. The molecule has 15 heteroatoms. The second-order valence-corrected chi connectivity index (χ2v) is 32.7. The van der Waals surface area contributed by atoms with Crippen LogP contribution in [-0.4, -0.2) is 121 Å². The molecule has 9 spiro atoms. The topological polar surface area (TPSA) is 237 Å². The van der Waals surface area contributed by atoms with Crippen LogP contribution < -0.4 is 15.6 Å². The highest BCUT2D eigenvalue weighted by Crippen LogP contribution is 2.82. The van der Waals surface area contributed by atoms with E-state index in [1.165, 1.54) is 152 Å². The molecule has 0 unspecified atom stereocenters. The number of phenolic OH excluding ortho intramolecular Hbond substituents is 2. The van der Waals surface area contributed by atoms with Crippen molar-refractivity contribution in [2.45, 2.75) is 247 Å². The highest BCUT2D eigenvalue weighted by atomic mass is 16.7. The molecular weight excluding hydrogens is 1090 g/mol. The Balaban J connectivity index is 0.819. The van der Waals surface area contributed by atoms with Crippen LogP contribution in [0.4, 0.5) is 0 Å². The van der Waals surface area contributed by atoms with Crippen molar-refractivity contribution >= 4 is 22.5 Å². The number of aliphatic hydroxyl groups excluding tert-OH is 4. The summed E-state index contributed by atoms with van der Waals surface area (Å²) in [7, 11) is 0. The van der Waals surface area contributed by atoms with Gasteiger partial charge in [0.15, 0.2) is 5.78 Å². The number of carboxylic acids is 1. The maximum Gasteiger partial charge on any atom is 0.335 e. The maximum atomic E-state index is 13.8. The Bertz CT molecular complexity index is 3290. The first-order valence-corrected chi connectivity index (χ1v) is 34.2. The van der Waals surface area contributed by atoms with Crippen LogP contribution in [0.25, 0.3) is 10.8 Å². The van der Waals surface area contributed by atoms with Crippen LogP contribution in [0.5, 0.6) is 17.2 Å². The Kier molecular flexibility index (Phi) is 12.3. The lowest BCUT2D eigenvalue weighted by molar-refractivity contribution is -0.349. The Morgan fingerprint density at radius 2 is 1.59 bits per heavy atom. The summed E-state index contributed by atoms with van der Waals surface area (Å²) >= 11 is 0. The van der Waals surface area contributed by atoms with Gasteiger partial charge in [0.25, 0.3) is 0 Å². The third kappa shape index (κ3) is 7.13. The van der Waals surface area contributed by atoms with Crippen molar-refractivity contribution in [2.75, 3.05) is 26.4 Å². The number of hydrogen-bond donors (Lipinski definition) is 9. The first kappa shape index (κ1) is 56.4. The molecule has 0 radical (unpaired) electrons. The van der Waals surface area contributed by atoms with Crippen LogP contribution in [0, 0.1) is 74.4 Å². The fourth-order valence-electron chi connectivity index (χ4n) is 27.0. The normalized spacial score (nSPS) is 48.1. The standard InChI is InChI=1S/C71H94N2O13/c1-39-52(40(2)76)56(78)53-45(55(39)77)26-41(60(81)82)27-49(53)84-61-57(79)59(80)71(51(31-75)85-61)29-48-54-46(11-12-47(54)69(86-71)18-7-16-63(34-69)21-20-62(33-63)14-3-4-15-62)67(24-25-74)38-83-32-42-28-65-35-66(30-50(65)72-73-70(48,37-65)58(42)67)19-13-44-9-5-8-43-10-6-17-64(43)22-23-68(44,66)36-64/h11,26-27,42-44,48,50-51,57-59,61,72-75,77-80H,3-10,12-25,28-38H2,1-2H3,(H,81,82)/t42-,43+,44-,48+,50+,51+,57+,58+,59+,61+,63+,64-,65-,66-,67+,68-,69-,70-,71+/m0/s1. The van der Waals surface area contributed by atoms with Crippen molar-refractivity contribution in [2.24, 2.45) is 67.5 Å². The fraction of sp³-hybridized carbons (Fsp3) is 0.775. The number of fused-ring (bicyclic) bond motifs is 3. The van der Waals surface area contributed by atoms with Crippen LogP contribution in [-0.2, 0) is 14.2 Å². The average Bonchev–Trinajstić information content (AvgIpc) is 1.41. The van der Waals surface area contributed by atoms with Gasteiger partial charge in [0.05, 0.1) is 35.3 Å². The quantitative estimate of drug-likeness (QED) is 0.0926. The summed E-state index contributed by atoms with van der Waals surface area (Å²) in [6.45, 7) is 3.29. The molecule has 15 nitrogen and oxygen atoms in total. The molecule has 4 aliphatic heterocycles. The van der Waals surface area contributed by atoms with E-state index >= 15 is 0 Å². The Morgan fingerprint density at radius 1 is 0.791 bits per heavy atom. The summed E-state index contributed by atoms with van der Waals surface area (Å²) in [5, 5.41) is 84.3. The number of phenols is 2. The van der Waals surface area contributed by atoms with Crippen molar-refractivity contribution in [1.29, 1.82) is 0 Å². The third-order valence-corrected chi connectivity index (χ3v) is 29.6. The molecule has 15 aliphatic rings. The summed E-state index contributed by atoms with van der Waals surface area (Å²) in [6.07, 6.45) is 28.8. The molecule has 4 bridgehead atoms. The number of hydrogen-bond acceptors (Lipinski definition) is 14. The number of ketones is 1. The molecule has 3 saturated heterocycles. The van der Waals surface area contributed by atoms with Crippen LogP contribution in [0.15, 0.2) is 34.9 Å². The number of Topliss-reactive ketones (excluding diaryl/α,β-unsaturated/α-hetero) is 1. The molecule has 2 aromatic rings. The van der Waals surface area contributed by atoms with Crippen molar-refractivity contribution in [3.63, 3.8) is 0 Å².